The van der Waals surface area contributed by atoms with E-state index in [2.05, 4.69) is 15.9 Å². The summed E-state index contributed by atoms with van der Waals surface area (Å²) in [6.07, 6.45) is -0.0444. The molecule has 0 saturated carbocycles. The molecule has 1 rings (SSSR count). The summed E-state index contributed by atoms with van der Waals surface area (Å²) in [4.78, 5) is 10.5. The Bertz CT molecular complexity index is 352. The molecule has 14 heavy (non-hydrogen) atoms. The second-order valence-corrected chi connectivity index (χ2v) is 4.12. The minimum atomic E-state index is -0.878. The summed E-state index contributed by atoms with van der Waals surface area (Å²) in [7, 11) is 0. The van der Waals surface area contributed by atoms with Gasteiger partial charge in [0.05, 0.1) is 6.42 Å². The van der Waals surface area contributed by atoms with Crippen LogP contribution < -0.4 is 5.73 Å². The minimum absolute atomic E-state index is 0.0444. The van der Waals surface area contributed by atoms with Crippen molar-refractivity contribution in [2.24, 2.45) is 5.73 Å². The van der Waals surface area contributed by atoms with Gasteiger partial charge in [-0.3, -0.25) is 4.79 Å². The van der Waals surface area contributed by atoms with E-state index in [-0.39, 0.29) is 6.42 Å². The van der Waals surface area contributed by atoms with Crippen molar-refractivity contribution in [1.29, 1.82) is 0 Å². The normalized spacial score (nSPS) is 12.5. The monoisotopic (exact) mass is 257 g/mol. The lowest BCUT2D eigenvalue weighted by atomic mass is 10.00. The average molecular weight is 258 g/mol. The van der Waals surface area contributed by atoms with E-state index in [4.69, 9.17) is 10.8 Å². The van der Waals surface area contributed by atoms with E-state index in [0.717, 1.165) is 15.6 Å². The molecular weight excluding hydrogens is 246 g/mol. The summed E-state index contributed by atoms with van der Waals surface area (Å²) >= 11 is 3.33. The fourth-order valence-corrected chi connectivity index (χ4v) is 1.69. The Morgan fingerprint density at radius 2 is 2.29 bits per heavy atom. The molecule has 0 bridgehead atoms. The number of aryl methyl sites for hydroxylation is 1. The predicted octanol–water partition coefficient (Wildman–Crippen LogP) is 2.23. The number of hydrogen-bond acceptors (Lipinski definition) is 2. The zero-order valence-corrected chi connectivity index (χ0v) is 9.41. The van der Waals surface area contributed by atoms with Crippen molar-refractivity contribution < 1.29 is 9.90 Å². The molecule has 76 valence electrons. The van der Waals surface area contributed by atoms with Crippen LogP contribution >= 0.6 is 15.9 Å². The molecule has 0 fully saturated rings. The molecule has 0 aliphatic carbocycles. The maximum absolute atomic E-state index is 10.5. The summed E-state index contributed by atoms with van der Waals surface area (Å²) in [6, 6.07) is 5.25. The largest absolute Gasteiger partial charge is 0.481 e. The number of hydrogen-bond donors (Lipinski definition) is 2. The van der Waals surface area contributed by atoms with Gasteiger partial charge in [0.1, 0.15) is 0 Å². The fourth-order valence-electron chi connectivity index (χ4n) is 1.31. The minimum Gasteiger partial charge on any atom is -0.481 e. The van der Waals surface area contributed by atoms with Gasteiger partial charge in [0.25, 0.3) is 0 Å². The second kappa shape index (κ2) is 4.57. The summed E-state index contributed by atoms with van der Waals surface area (Å²) in [5.41, 5.74) is 7.66. The second-order valence-electron chi connectivity index (χ2n) is 3.21. The van der Waals surface area contributed by atoms with Gasteiger partial charge in [-0.25, -0.2) is 0 Å². The third-order valence-corrected chi connectivity index (χ3v) is 2.53. The molecule has 1 aromatic carbocycles. The van der Waals surface area contributed by atoms with Crippen LogP contribution in [0.1, 0.15) is 23.6 Å². The molecule has 0 radical (unpaired) electrons. The maximum atomic E-state index is 10.5. The van der Waals surface area contributed by atoms with Gasteiger partial charge < -0.3 is 10.8 Å². The van der Waals surface area contributed by atoms with E-state index in [9.17, 15) is 4.79 Å². The Balaban J connectivity index is 2.93. The van der Waals surface area contributed by atoms with Crippen LogP contribution in [-0.4, -0.2) is 11.1 Å². The first-order chi connectivity index (χ1) is 6.50. The van der Waals surface area contributed by atoms with Crippen LogP contribution in [0.4, 0.5) is 0 Å². The first-order valence-electron chi connectivity index (χ1n) is 4.24. The summed E-state index contributed by atoms with van der Waals surface area (Å²) in [5, 5.41) is 8.61. The molecule has 0 saturated heterocycles. The SMILES string of the molecule is Cc1ccc(Br)cc1C(N)CC(=O)O. The highest BCUT2D eigenvalue weighted by Gasteiger charge is 2.12. The standard InChI is InChI=1S/C10H12BrNO2/c1-6-2-3-7(11)4-8(6)9(12)5-10(13)14/h2-4,9H,5,12H2,1H3,(H,13,14). The molecule has 4 heteroatoms. The highest BCUT2D eigenvalue weighted by molar-refractivity contribution is 9.10. The molecule has 0 heterocycles. The van der Waals surface area contributed by atoms with E-state index in [1.54, 1.807) is 0 Å². The van der Waals surface area contributed by atoms with Crippen LogP contribution in [0.15, 0.2) is 22.7 Å². The van der Waals surface area contributed by atoms with Gasteiger partial charge >= 0.3 is 5.97 Å². The van der Waals surface area contributed by atoms with Crippen LogP contribution in [0.3, 0.4) is 0 Å². The Morgan fingerprint density at radius 1 is 1.64 bits per heavy atom. The zero-order chi connectivity index (χ0) is 10.7. The molecule has 3 nitrogen and oxygen atoms in total. The van der Waals surface area contributed by atoms with Gasteiger partial charge in [0.15, 0.2) is 0 Å². The van der Waals surface area contributed by atoms with Crippen molar-refractivity contribution in [3.63, 3.8) is 0 Å². The van der Waals surface area contributed by atoms with Crippen molar-refractivity contribution in [2.75, 3.05) is 0 Å². The lowest BCUT2D eigenvalue weighted by molar-refractivity contribution is -0.137. The third kappa shape index (κ3) is 2.82. The highest BCUT2D eigenvalue weighted by atomic mass is 79.9. The number of carbonyl (C=O) groups is 1. The van der Waals surface area contributed by atoms with E-state index in [1.165, 1.54) is 0 Å². The number of rotatable bonds is 3. The Kier molecular flexibility index (Phi) is 3.66. The van der Waals surface area contributed by atoms with Gasteiger partial charge in [-0.1, -0.05) is 22.0 Å². The van der Waals surface area contributed by atoms with Crippen LogP contribution in [-0.2, 0) is 4.79 Å². The molecular formula is C10H12BrNO2. The number of benzene rings is 1. The van der Waals surface area contributed by atoms with Crippen molar-refractivity contribution in [3.8, 4) is 0 Å². The first-order valence-corrected chi connectivity index (χ1v) is 5.03. The number of nitrogens with two attached hydrogens (primary N) is 1. The van der Waals surface area contributed by atoms with E-state index in [0.29, 0.717) is 0 Å². The molecule has 0 aromatic heterocycles. The molecule has 0 aliphatic heterocycles. The lowest BCUT2D eigenvalue weighted by Crippen LogP contribution is -2.16. The molecule has 1 unspecified atom stereocenters. The molecule has 1 atom stereocenters. The molecule has 0 aliphatic rings. The van der Waals surface area contributed by atoms with Gasteiger partial charge in [-0.2, -0.15) is 0 Å². The number of halogens is 1. The number of aliphatic carboxylic acids is 1. The summed E-state index contributed by atoms with van der Waals surface area (Å²) in [6.45, 7) is 1.92. The fraction of sp³-hybridized carbons (Fsp3) is 0.300. The lowest BCUT2D eigenvalue weighted by Gasteiger charge is -2.12. The summed E-state index contributed by atoms with van der Waals surface area (Å²) in [5.74, 6) is -0.878. The third-order valence-electron chi connectivity index (χ3n) is 2.04. The van der Waals surface area contributed by atoms with Crippen LogP contribution in [0.5, 0.6) is 0 Å². The first kappa shape index (κ1) is 11.2. The van der Waals surface area contributed by atoms with Crippen molar-refractivity contribution >= 4 is 21.9 Å². The van der Waals surface area contributed by atoms with Gasteiger partial charge in [0.2, 0.25) is 0 Å². The van der Waals surface area contributed by atoms with E-state index in [1.807, 2.05) is 25.1 Å². The smallest absolute Gasteiger partial charge is 0.305 e. The van der Waals surface area contributed by atoms with Crippen molar-refractivity contribution in [3.05, 3.63) is 33.8 Å². The average Bonchev–Trinajstić information content (AvgIpc) is 2.08. The Morgan fingerprint density at radius 3 is 2.86 bits per heavy atom. The maximum Gasteiger partial charge on any atom is 0.305 e. The van der Waals surface area contributed by atoms with Crippen LogP contribution in [0.25, 0.3) is 0 Å². The van der Waals surface area contributed by atoms with Gasteiger partial charge in [0, 0.05) is 10.5 Å². The number of carboxylic acid groups (broad SMARTS) is 1. The zero-order valence-electron chi connectivity index (χ0n) is 7.83. The molecule has 3 N–H and O–H groups in total. The molecule has 0 amide bonds. The van der Waals surface area contributed by atoms with E-state index < -0.39 is 12.0 Å². The highest BCUT2D eigenvalue weighted by Crippen LogP contribution is 2.22. The topological polar surface area (TPSA) is 63.3 Å². The predicted molar refractivity (Wildman–Crippen MR) is 58.1 cm³/mol. The van der Waals surface area contributed by atoms with E-state index >= 15 is 0 Å². The number of carboxylic acids is 1. The molecule has 0 spiro atoms. The Hall–Kier alpha value is -0.870. The van der Waals surface area contributed by atoms with Crippen LogP contribution in [0.2, 0.25) is 0 Å². The quantitative estimate of drug-likeness (QED) is 0.873. The summed E-state index contributed by atoms with van der Waals surface area (Å²) < 4.78 is 0.916. The van der Waals surface area contributed by atoms with Crippen molar-refractivity contribution in [1.82, 2.24) is 0 Å². The van der Waals surface area contributed by atoms with Gasteiger partial charge in [-0.05, 0) is 30.2 Å². The van der Waals surface area contributed by atoms with Crippen LogP contribution in [0, 0.1) is 6.92 Å². The molecule has 1 aromatic rings. The van der Waals surface area contributed by atoms with Crippen molar-refractivity contribution in [2.45, 2.75) is 19.4 Å². The van der Waals surface area contributed by atoms with Gasteiger partial charge in [-0.15, -0.1) is 0 Å². The Labute approximate surface area is 91.1 Å².